The molecule has 23 heavy (non-hydrogen) atoms. The predicted octanol–water partition coefficient (Wildman–Crippen LogP) is 4.56. The number of non-ortho nitro benzene ring substituents is 1. The highest BCUT2D eigenvalue weighted by molar-refractivity contribution is 5.61. The minimum atomic E-state index is -0.474. The van der Waals surface area contributed by atoms with Crippen molar-refractivity contribution in [3.8, 4) is 5.75 Å². The lowest BCUT2D eigenvalue weighted by molar-refractivity contribution is -0.384. The van der Waals surface area contributed by atoms with Crippen molar-refractivity contribution in [2.45, 2.75) is 13.8 Å². The largest absolute Gasteiger partial charge is 0.506 e. The molecule has 0 amide bonds. The average Bonchev–Trinajstić information content (AvgIpc) is 2.55. The van der Waals surface area contributed by atoms with Gasteiger partial charge >= 0.3 is 0 Å². The van der Waals surface area contributed by atoms with E-state index in [9.17, 15) is 15.2 Å². The lowest BCUT2D eigenvalue weighted by Crippen LogP contribution is -2.21. The van der Waals surface area contributed by atoms with Gasteiger partial charge in [-0.3, -0.25) is 10.1 Å². The van der Waals surface area contributed by atoms with Crippen LogP contribution in [-0.4, -0.2) is 23.1 Å². The molecule has 120 valence electrons. The van der Waals surface area contributed by atoms with Gasteiger partial charge in [0.25, 0.3) is 5.69 Å². The molecule has 0 spiro atoms. The van der Waals surface area contributed by atoms with Gasteiger partial charge in [-0.2, -0.15) is 5.11 Å². The van der Waals surface area contributed by atoms with Crippen molar-refractivity contribution in [1.82, 2.24) is 0 Å². The summed E-state index contributed by atoms with van der Waals surface area (Å²) in [4.78, 5) is 12.2. The second-order valence-electron chi connectivity index (χ2n) is 4.82. The van der Waals surface area contributed by atoms with Crippen molar-refractivity contribution in [3.63, 3.8) is 0 Å². The van der Waals surface area contributed by atoms with Crippen LogP contribution in [0.25, 0.3) is 0 Å². The molecule has 0 aromatic heterocycles. The Hall–Kier alpha value is -2.96. The Balaban J connectivity index is 2.17. The summed E-state index contributed by atoms with van der Waals surface area (Å²) >= 11 is 0. The Morgan fingerprint density at radius 3 is 2.26 bits per heavy atom. The first-order chi connectivity index (χ1) is 11.0. The van der Waals surface area contributed by atoms with Crippen molar-refractivity contribution in [1.29, 1.82) is 0 Å². The number of hydrogen-bond donors (Lipinski definition) is 1. The standard InChI is InChI=1S/C16H18N4O3/c1-3-19(4-2)14-9-10-15(16(21)11-14)18-17-12-5-7-13(8-6-12)20(22)23/h5-11,21H,3-4H2,1-2H3. The van der Waals surface area contributed by atoms with Crippen LogP contribution >= 0.6 is 0 Å². The van der Waals surface area contributed by atoms with Crippen molar-refractivity contribution in [2.75, 3.05) is 18.0 Å². The van der Waals surface area contributed by atoms with Crippen LogP contribution in [0.3, 0.4) is 0 Å². The predicted molar refractivity (Wildman–Crippen MR) is 88.9 cm³/mol. The second-order valence-corrected chi connectivity index (χ2v) is 4.82. The first-order valence-electron chi connectivity index (χ1n) is 7.29. The van der Waals surface area contributed by atoms with Crippen LogP contribution in [-0.2, 0) is 0 Å². The number of rotatable bonds is 6. The lowest BCUT2D eigenvalue weighted by atomic mass is 10.2. The molecule has 7 heteroatoms. The molecule has 2 rings (SSSR count). The van der Waals surface area contributed by atoms with Gasteiger partial charge in [0.2, 0.25) is 0 Å². The lowest BCUT2D eigenvalue weighted by Gasteiger charge is -2.21. The molecule has 2 aromatic rings. The van der Waals surface area contributed by atoms with Gasteiger partial charge in [0.1, 0.15) is 11.4 Å². The molecule has 2 aromatic carbocycles. The number of aromatic hydroxyl groups is 1. The maximum atomic E-state index is 10.6. The normalized spacial score (nSPS) is 10.9. The van der Waals surface area contributed by atoms with Crippen LogP contribution in [0, 0.1) is 10.1 Å². The quantitative estimate of drug-likeness (QED) is 0.480. The van der Waals surface area contributed by atoms with E-state index in [4.69, 9.17) is 0 Å². The minimum Gasteiger partial charge on any atom is -0.506 e. The van der Waals surface area contributed by atoms with E-state index in [1.165, 1.54) is 24.3 Å². The average molecular weight is 314 g/mol. The molecule has 0 aliphatic heterocycles. The third-order valence-electron chi connectivity index (χ3n) is 3.42. The van der Waals surface area contributed by atoms with Crippen LogP contribution in [0.1, 0.15) is 13.8 Å². The maximum absolute atomic E-state index is 10.6. The van der Waals surface area contributed by atoms with Gasteiger partial charge < -0.3 is 10.0 Å². The smallest absolute Gasteiger partial charge is 0.269 e. The summed E-state index contributed by atoms with van der Waals surface area (Å²) in [5.41, 5.74) is 1.74. The number of nitro groups is 1. The molecule has 0 heterocycles. The minimum absolute atomic E-state index is 0.00428. The van der Waals surface area contributed by atoms with Gasteiger partial charge in [-0.25, -0.2) is 0 Å². The fourth-order valence-corrected chi connectivity index (χ4v) is 2.13. The van der Waals surface area contributed by atoms with Crippen LogP contribution in [0.15, 0.2) is 52.7 Å². The highest BCUT2D eigenvalue weighted by Crippen LogP contribution is 2.32. The number of benzene rings is 2. The Labute approximate surface area is 134 Å². The van der Waals surface area contributed by atoms with Gasteiger partial charge in [0, 0.05) is 37.0 Å². The first kappa shape index (κ1) is 16.4. The van der Waals surface area contributed by atoms with Crippen molar-refractivity contribution < 1.29 is 10.0 Å². The molecule has 0 atom stereocenters. The summed E-state index contributed by atoms with van der Waals surface area (Å²) in [5, 5.41) is 28.6. The third kappa shape index (κ3) is 4.03. The van der Waals surface area contributed by atoms with Crippen LogP contribution in [0.4, 0.5) is 22.7 Å². The van der Waals surface area contributed by atoms with E-state index in [2.05, 4.69) is 15.1 Å². The van der Waals surface area contributed by atoms with Gasteiger partial charge in [-0.1, -0.05) is 0 Å². The van der Waals surface area contributed by atoms with E-state index in [0.29, 0.717) is 11.4 Å². The molecule has 0 saturated carbocycles. The van der Waals surface area contributed by atoms with E-state index >= 15 is 0 Å². The van der Waals surface area contributed by atoms with E-state index in [-0.39, 0.29) is 11.4 Å². The highest BCUT2D eigenvalue weighted by Gasteiger charge is 2.07. The molecule has 1 N–H and O–H groups in total. The fraction of sp³-hybridized carbons (Fsp3) is 0.250. The Morgan fingerprint density at radius 1 is 1.09 bits per heavy atom. The molecule has 0 saturated heterocycles. The second kappa shape index (κ2) is 7.35. The van der Waals surface area contributed by atoms with Crippen LogP contribution in [0.5, 0.6) is 5.75 Å². The Bertz CT molecular complexity index is 710. The molecular formula is C16H18N4O3. The van der Waals surface area contributed by atoms with Crippen LogP contribution in [0.2, 0.25) is 0 Å². The van der Waals surface area contributed by atoms with Crippen molar-refractivity contribution in [3.05, 3.63) is 52.6 Å². The van der Waals surface area contributed by atoms with Gasteiger partial charge in [-0.05, 0) is 38.1 Å². The molecule has 0 fully saturated rings. The van der Waals surface area contributed by atoms with Gasteiger partial charge in [-0.15, -0.1) is 5.11 Å². The van der Waals surface area contributed by atoms with E-state index in [1.807, 2.05) is 19.9 Å². The summed E-state index contributed by atoms with van der Waals surface area (Å²) in [6, 6.07) is 10.9. The topological polar surface area (TPSA) is 91.3 Å². The number of azo groups is 1. The van der Waals surface area contributed by atoms with Crippen LogP contribution < -0.4 is 4.90 Å². The molecule has 0 unspecified atom stereocenters. The zero-order valence-corrected chi connectivity index (χ0v) is 13.0. The maximum Gasteiger partial charge on any atom is 0.269 e. The SMILES string of the molecule is CCN(CC)c1ccc(N=Nc2ccc([N+](=O)[O-])cc2)c(O)c1. The number of phenolic OH excluding ortho intramolecular Hbond substituents is 1. The third-order valence-corrected chi connectivity index (χ3v) is 3.42. The fourth-order valence-electron chi connectivity index (χ4n) is 2.13. The first-order valence-corrected chi connectivity index (χ1v) is 7.29. The summed E-state index contributed by atoms with van der Waals surface area (Å²) in [6.45, 7) is 5.78. The summed E-state index contributed by atoms with van der Waals surface area (Å²) in [6.07, 6.45) is 0. The zero-order chi connectivity index (χ0) is 16.8. The number of anilines is 1. The van der Waals surface area contributed by atoms with E-state index in [0.717, 1.165) is 18.8 Å². The Kier molecular flexibility index (Phi) is 5.24. The number of nitrogens with zero attached hydrogens (tertiary/aromatic N) is 4. The molecule has 7 nitrogen and oxygen atoms in total. The number of hydrogen-bond acceptors (Lipinski definition) is 6. The summed E-state index contributed by atoms with van der Waals surface area (Å²) in [5.74, 6) is 0.0417. The molecule has 0 aliphatic rings. The number of phenols is 1. The highest BCUT2D eigenvalue weighted by atomic mass is 16.6. The molecular weight excluding hydrogens is 296 g/mol. The summed E-state index contributed by atoms with van der Waals surface area (Å²) < 4.78 is 0. The number of nitro benzene ring substituents is 1. The monoisotopic (exact) mass is 314 g/mol. The zero-order valence-electron chi connectivity index (χ0n) is 13.0. The van der Waals surface area contributed by atoms with Gasteiger partial charge in [0.05, 0.1) is 10.6 Å². The Morgan fingerprint density at radius 2 is 1.74 bits per heavy atom. The van der Waals surface area contributed by atoms with Gasteiger partial charge in [0.15, 0.2) is 0 Å². The summed E-state index contributed by atoms with van der Waals surface area (Å²) in [7, 11) is 0. The molecule has 0 aliphatic carbocycles. The molecule has 0 radical (unpaired) electrons. The van der Waals surface area contributed by atoms with E-state index in [1.54, 1.807) is 12.1 Å². The van der Waals surface area contributed by atoms with E-state index < -0.39 is 4.92 Å². The molecule has 0 bridgehead atoms. The van der Waals surface area contributed by atoms with Crippen molar-refractivity contribution >= 4 is 22.7 Å². The van der Waals surface area contributed by atoms with Crippen molar-refractivity contribution in [2.24, 2.45) is 10.2 Å².